The van der Waals surface area contributed by atoms with Crippen molar-refractivity contribution in [2.24, 2.45) is 0 Å². The van der Waals surface area contributed by atoms with Crippen LogP contribution in [0.25, 0.3) is 0 Å². The van der Waals surface area contributed by atoms with E-state index >= 15 is 0 Å². The van der Waals surface area contributed by atoms with Gasteiger partial charge in [0.1, 0.15) is 12.4 Å². The molecular formula is C19H15F3O5. The van der Waals surface area contributed by atoms with E-state index in [-0.39, 0.29) is 25.6 Å². The minimum absolute atomic E-state index is 0.0531. The summed E-state index contributed by atoms with van der Waals surface area (Å²) in [7, 11) is 0. The maximum absolute atomic E-state index is 12.9. The maximum Gasteiger partial charge on any atom is 0.416 e. The molecule has 0 amide bonds. The highest BCUT2D eigenvalue weighted by Gasteiger charge is 2.34. The molecule has 27 heavy (non-hydrogen) atoms. The summed E-state index contributed by atoms with van der Waals surface area (Å²) in [4.78, 5) is 11.0. The molecule has 0 saturated heterocycles. The van der Waals surface area contributed by atoms with Gasteiger partial charge in [0, 0.05) is 17.5 Å². The third-order valence-corrected chi connectivity index (χ3v) is 4.62. The van der Waals surface area contributed by atoms with E-state index in [1.807, 2.05) is 0 Å². The third-order valence-electron chi connectivity index (χ3n) is 4.62. The summed E-state index contributed by atoms with van der Waals surface area (Å²) in [6.45, 7) is 0.305. The standard InChI is InChI=1S/C19H15F3O5/c20-19(21,22)12-3-1-2-10(4-12)17-9-26-15-6-13-11(5-18(23)24)8-25-14(13)7-16(15)27-17/h1-4,6-7,11,17H,5,8-9H2,(H,23,24)/t11-,17+/m1/s1. The van der Waals surface area contributed by atoms with Crippen LogP contribution in [0.4, 0.5) is 13.2 Å². The van der Waals surface area contributed by atoms with Crippen molar-refractivity contribution in [1.29, 1.82) is 0 Å². The van der Waals surface area contributed by atoms with E-state index in [0.717, 1.165) is 17.7 Å². The van der Waals surface area contributed by atoms with Crippen LogP contribution in [0.2, 0.25) is 0 Å². The number of carboxylic acids is 1. The first-order chi connectivity index (χ1) is 12.8. The lowest BCUT2D eigenvalue weighted by Crippen LogP contribution is -2.22. The van der Waals surface area contributed by atoms with Crippen molar-refractivity contribution >= 4 is 5.97 Å². The van der Waals surface area contributed by atoms with Crippen molar-refractivity contribution in [3.05, 3.63) is 53.1 Å². The van der Waals surface area contributed by atoms with Crippen LogP contribution in [-0.2, 0) is 11.0 Å². The van der Waals surface area contributed by atoms with Crippen LogP contribution in [0, 0.1) is 0 Å². The molecule has 2 aliphatic rings. The molecule has 142 valence electrons. The Morgan fingerprint density at radius 3 is 2.59 bits per heavy atom. The van der Waals surface area contributed by atoms with Crippen LogP contribution in [0.1, 0.15) is 35.1 Å². The highest BCUT2D eigenvalue weighted by Crippen LogP contribution is 2.46. The smallest absolute Gasteiger partial charge is 0.416 e. The van der Waals surface area contributed by atoms with Gasteiger partial charge < -0.3 is 19.3 Å². The minimum Gasteiger partial charge on any atom is -0.492 e. The Hall–Kier alpha value is -2.90. The molecule has 1 N–H and O–H groups in total. The first-order valence-electron chi connectivity index (χ1n) is 8.30. The number of fused-ring (bicyclic) bond motifs is 2. The summed E-state index contributed by atoms with van der Waals surface area (Å²) in [6, 6.07) is 8.23. The van der Waals surface area contributed by atoms with Gasteiger partial charge in [-0.1, -0.05) is 12.1 Å². The van der Waals surface area contributed by atoms with Gasteiger partial charge in [0.15, 0.2) is 17.6 Å². The Bertz CT molecular complexity index is 893. The molecule has 2 aromatic carbocycles. The van der Waals surface area contributed by atoms with Gasteiger partial charge in [-0.15, -0.1) is 0 Å². The van der Waals surface area contributed by atoms with Crippen molar-refractivity contribution in [2.75, 3.05) is 13.2 Å². The van der Waals surface area contributed by atoms with Crippen LogP contribution in [-0.4, -0.2) is 24.3 Å². The normalized spacial score (nSPS) is 20.7. The Balaban J connectivity index is 1.59. The van der Waals surface area contributed by atoms with Crippen LogP contribution < -0.4 is 14.2 Å². The number of hydrogen-bond acceptors (Lipinski definition) is 4. The topological polar surface area (TPSA) is 65.0 Å². The number of hydrogen-bond donors (Lipinski definition) is 1. The fraction of sp³-hybridized carbons (Fsp3) is 0.316. The van der Waals surface area contributed by atoms with E-state index in [2.05, 4.69) is 0 Å². The quantitative estimate of drug-likeness (QED) is 0.866. The molecule has 0 spiro atoms. The molecule has 0 radical (unpaired) electrons. The summed E-state index contributed by atoms with van der Waals surface area (Å²) in [5, 5.41) is 8.99. The molecule has 0 fully saturated rings. The number of halogens is 3. The molecule has 8 heteroatoms. The average molecular weight is 380 g/mol. The zero-order valence-corrected chi connectivity index (χ0v) is 14.0. The highest BCUT2D eigenvalue weighted by atomic mass is 19.4. The van der Waals surface area contributed by atoms with E-state index in [1.165, 1.54) is 6.07 Å². The lowest BCUT2D eigenvalue weighted by molar-refractivity contribution is -0.138. The number of rotatable bonds is 3. The molecule has 2 aromatic rings. The van der Waals surface area contributed by atoms with Gasteiger partial charge in [-0.2, -0.15) is 13.2 Å². The number of carbonyl (C=O) groups is 1. The SMILES string of the molecule is O=C(O)C[C@@H]1COc2cc3c(cc21)OC[C@@H](c1cccc(C(F)(F)F)c1)O3. The summed E-state index contributed by atoms with van der Waals surface area (Å²) < 4.78 is 55.8. The van der Waals surface area contributed by atoms with Gasteiger partial charge in [0.05, 0.1) is 18.6 Å². The van der Waals surface area contributed by atoms with Gasteiger partial charge in [0.25, 0.3) is 0 Å². The molecule has 2 aliphatic heterocycles. The van der Waals surface area contributed by atoms with Crippen LogP contribution in [0.3, 0.4) is 0 Å². The molecule has 0 aromatic heterocycles. The fourth-order valence-electron chi connectivity index (χ4n) is 3.30. The second-order valence-electron chi connectivity index (χ2n) is 6.48. The average Bonchev–Trinajstić information content (AvgIpc) is 3.00. The first-order valence-corrected chi connectivity index (χ1v) is 8.30. The number of ether oxygens (including phenoxy) is 3. The second-order valence-corrected chi connectivity index (χ2v) is 6.48. The number of alkyl halides is 3. The number of aliphatic carboxylic acids is 1. The van der Waals surface area contributed by atoms with Crippen LogP contribution >= 0.6 is 0 Å². The molecule has 5 nitrogen and oxygen atoms in total. The van der Waals surface area contributed by atoms with E-state index in [0.29, 0.717) is 22.8 Å². The zero-order chi connectivity index (χ0) is 19.2. The van der Waals surface area contributed by atoms with Gasteiger partial charge in [0.2, 0.25) is 0 Å². The molecule has 0 unspecified atom stereocenters. The predicted octanol–water partition coefficient (Wildman–Crippen LogP) is 4.17. The second kappa shape index (κ2) is 6.37. The van der Waals surface area contributed by atoms with E-state index < -0.39 is 23.8 Å². The first kappa shape index (κ1) is 17.5. The number of carboxylic acid groups (broad SMARTS) is 1. The fourth-order valence-corrected chi connectivity index (χ4v) is 3.30. The number of benzene rings is 2. The molecule has 2 atom stereocenters. The third kappa shape index (κ3) is 3.39. The largest absolute Gasteiger partial charge is 0.492 e. The minimum atomic E-state index is -4.43. The molecule has 4 rings (SSSR count). The Morgan fingerprint density at radius 2 is 1.85 bits per heavy atom. The zero-order valence-electron chi connectivity index (χ0n) is 14.0. The van der Waals surface area contributed by atoms with Crippen LogP contribution in [0.15, 0.2) is 36.4 Å². The summed E-state index contributed by atoms with van der Waals surface area (Å²) >= 11 is 0. The Kier molecular flexibility index (Phi) is 4.13. The van der Waals surface area contributed by atoms with E-state index in [1.54, 1.807) is 18.2 Å². The Morgan fingerprint density at radius 1 is 1.07 bits per heavy atom. The molecular weight excluding hydrogens is 365 g/mol. The predicted molar refractivity (Wildman–Crippen MR) is 87.2 cm³/mol. The highest BCUT2D eigenvalue weighted by molar-refractivity contribution is 5.69. The van der Waals surface area contributed by atoms with Gasteiger partial charge in [-0.05, 0) is 23.8 Å². The summed E-state index contributed by atoms with van der Waals surface area (Å²) in [5.41, 5.74) is 0.348. The maximum atomic E-state index is 12.9. The van der Waals surface area contributed by atoms with Gasteiger partial charge in [-0.3, -0.25) is 4.79 Å². The monoisotopic (exact) mass is 380 g/mol. The van der Waals surface area contributed by atoms with Gasteiger partial charge >= 0.3 is 12.1 Å². The van der Waals surface area contributed by atoms with Gasteiger partial charge in [-0.25, -0.2) is 0 Å². The summed E-state index contributed by atoms with van der Waals surface area (Å²) in [6.07, 6.45) is -5.18. The van der Waals surface area contributed by atoms with E-state index in [9.17, 15) is 18.0 Å². The molecule has 2 heterocycles. The lowest BCUT2D eigenvalue weighted by atomic mass is 9.97. The molecule has 0 saturated carbocycles. The lowest BCUT2D eigenvalue weighted by Gasteiger charge is -2.27. The van der Waals surface area contributed by atoms with Crippen molar-refractivity contribution in [3.63, 3.8) is 0 Å². The van der Waals surface area contributed by atoms with Crippen molar-refractivity contribution in [3.8, 4) is 17.2 Å². The Labute approximate surface area is 152 Å². The van der Waals surface area contributed by atoms with E-state index in [4.69, 9.17) is 19.3 Å². The molecule has 0 aliphatic carbocycles. The van der Waals surface area contributed by atoms with Crippen LogP contribution in [0.5, 0.6) is 17.2 Å². The van der Waals surface area contributed by atoms with Crippen molar-refractivity contribution < 1.29 is 37.3 Å². The van der Waals surface area contributed by atoms with Crippen molar-refractivity contribution in [2.45, 2.75) is 24.6 Å². The van der Waals surface area contributed by atoms with Crippen molar-refractivity contribution in [1.82, 2.24) is 0 Å². The summed E-state index contributed by atoms with van der Waals surface area (Å²) in [5.74, 6) is 0.105. The molecule has 0 bridgehead atoms.